The number of aryl methyl sites for hydroxylation is 1. The molecular weight excluding hydrogens is 468 g/mol. The highest BCUT2D eigenvalue weighted by Crippen LogP contribution is 2.25. The van der Waals surface area contributed by atoms with Gasteiger partial charge in [-0.2, -0.15) is 4.31 Å². The lowest BCUT2D eigenvalue weighted by molar-refractivity contribution is 0.141. The molecule has 0 amide bonds. The maximum atomic E-state index is 13.0. The predicted octanol–water partition coefficient (Wildman–Crippen LogP) is 3.06. The van der Waals surface area contributed by atoms with E-state index in [-0.39, 0.29) is 11.6 Å². The maximum Gasteiger partial charge on any atom is 0.258 e. The number of halogens is 1. The average Bonchev–Trinajstić information content (AvgIpc) is 2.75. The van der Waals surface area contributed by atoms with Crippen molar-refractivity contribution in [1.29, 1.82) is 0 Å². The van der Waals surface area contributed by atoms with E-state index in [9.17, 15) is 13.2 Å². The molecule has 4 rings (SSSR count). The quantitative estimate of drug-likeness (QED) is 0.607. The van der Waals surface area contributed by atoms with E-state index in [4.69, 9.17) is 0 Å². The van der Waals surface area contributed by atoms with Gasteiger partial charge in [-0.15, -0.1) is 0 Å². The van der Waals surface area contributed by atoms with Crippen LogP contribution in [0.5, 0.6) is 0 Å². The van der Waals surface area contributed by atoms with Crippen molar-refractivity contribution in [2.75, 3.05) is 26.2 Å². The number of sulfonamides is 1. The average molecular weight is 491 g/mol. The Balaban J connectivity index is 1.50. The monoisotopic (exact) mass is 490 g/mol. The van der Waals surface area contributed by atoms with Crippen LogP contribution in [0.2, 0.25) is 0 Å². The van der Waals surface area contributed by atoms with E-state index in [2.05, 4.69) is 30.8 Å². The standard InChI is InChI=1S/C21H23BrN4O3S/c1-14-13-16(7-8-18(14)22)30(28,29)26-11-9-25(10-12-26)15(2)20-23-19-6-4-3-5-17(19)21(27)24-20/h3-8,13,15H,9-12H2,1-2H3,(H,23,24,27)/t15-/m1/s1. The van der Waals surface area contributed by atoms with Crippen LogP contribution in [0, 0.1) is 6.92 Å². The zero-order valence-electron chi connectivity index (χ0n) is 16.8. The van der Waals surface area contributed by atoms with Crippen molar-refractivity contribution in [3.63, 3.8) is 0 Å². The molecule has 0 spiro atoms. The molecule has 1 aromatic heterocycles. The van der Waals surface area contributed by atoms with E-state index in [1.807, 2.05) is 32.0 Å². The molecule has 0 bridgehead atoms. The first-order valence-corrected chi connectivity index (χ1v) is 12.0. The minimum atomic E-state index is -3.54. The fraction of sp³-hybridized carbons (Fsp3) is 0.333. The number of para-hydroxylation sites is 1. The molecule has 30 heavy (non-hydrogen) atoms. The van der Waals surface area contributed by atoms with Gasteiger partial charge in [0.25, 0.3) is 5.56 Å². The molecule has 0 saturated carbocycles. The molecule has 9 heteroatoms. The number of aromatic amines is 1. The number of rotatable bonds is 4. The highest BCUT2D eigenvalue weighted by atomic mass is 79.9. The summed E-state index contributed by atoms with van der Waals surface area (Å²) in [6, 6.07) is 12.2. The molecule has 1 aliphatic rings. The summed E-state index contributed by atoms with van der Waals surface area (Å²) in [5, 5.41) is 0.564. The van der Waals surface area contributed by atoms with E-state index >= 15 is 0 Å². The van der Waals surface area contributed by atoms with Gasteiger partial charge in [0, 0.05) is 30.7 Å². The topological polar surface area (TPSA) is 86.4 Å². The van der Waals surface area contributed by atoms with Gasteiger partial charge in [0.1, 0.15) is 5.82 Å². The van der Waals surface area contributed by atoms with E-state index in [1.165, 1.54) is 4.31 Å². The fourth-order valence-corrected chi connectivity index (χ4v) is 5.49. The van der Waals surface area contributed by atoms with Crippen LogP contribution >= 0.6 is 15.9 Å². The molecule has 158 valence electrons. The zero-order valence-corrected chi connectivity index (χ0v) is 19.2. The number of nitrogens with one attached hydrogen (secondary N) is 1. The Bertz CT molecular complexity index is 1250. The van der Waals surface area contributed by atoms with Gasteiger partial charge in [0.2, 0.25) is 10.0 Å². The largest absolute Gasteiger partial charge is 0.309 e. The van der Waals surface area contributed by atoms with Crippen LogP contribution in [0.25, 0.3) is 10.9 Å². The Labute approximate surface area is 183 Å². The molecule has 1 aliphatic heterocycles. The van der Waals surface area contributed by atoms with Gasteiger partial charge in [0.15, 0.2) is 0 Å². The summed E-state index contributed by atoms with van der Waals surface area (Å²) in [7, 11) is -3.54. The highest BCUT2D eigenvalue weighted by Gasteiger charge is 2.31. The summed E-state index contributed by atoms with van der Waals surface area (Å²) in [4.78, 5) is 22.3. The van der Waals surface area contributed by atoms with Gasteiger partial charge >= 0.3 is 0 Å². The van der Waals surface area contributed by atoms with E-state index in [1.54, 1.807) is 24.3 Å². The third-order valence-electron chi connectivity index (χ3n) is 5.62. The number of nitrogens with zero attached hydrogens (tertiary/aromatic N) is 3. The normalized spacial score (nSPS) is 17.3. The fourth-order valence-electron chi connectivity index (χ4n) is 3.73. The Hall–Kier alpha value is -2.07. The SMILES string of the molecule is Cc1cc(S(=O)(=O)N2CCN([C@H](C)c3nc4ccccc4c(=O)[nH]3)CC2)ccc1Br. The predicted molar refractivity (Wildman–Crippen MR) is 120 cm³/mol. The zero-order chi connectivity index (χ0) is 21.5. The van der Waals surface area contributed by atoms with Crippen molar-refractivity contribution in [1.82, 2.24) is 19.2 Å². The summed E-state index contributed by atoms with van der Waals surface area (Å²) in [5.41, 5.74) is 1.39. The minimum absolute atomic E-state index is 0.123. The van der Waals surface area contributed by atoms with E-state index in [0.29, 0.717) is 47.8 Å². The lowest BCUT2D eigenvalue weighted by Gasteiger charge is -2.37. The first-order chi connectivity index (χ1) is 14.3. The summed E-state index contributed by atoms with van der Waals surface area (Å²) in [5.74, 6) is 0.596. The molecule has 1 saturated heterocycles. The molecule has 2 aromatic carbocycles. The van der Waals surface area contributed by atoms with Crippen LogP contribution in [-0.4, -0.2) is 53.8 Å². The third-order valence-corrected chi connectivity index (χ3v) is 8.40. The third kappa shape index (κ3) is 3.94. The molecule has 1 fully saturated rings. The molecule has 0 aliphatic carbocycles. The minimum Gasteiger partial charge on any atom is -0.309 e. The second-order valence-corrected chi connectivity index (χ2v) is 10.3. The van der Waals surface area contributed by atoms with Crippen molar-refractivity contribution < 1.29 is 8.42 Å². The number of hydrogen-bond acceptors (Lipinski definition) is 5. The van der Waals surface area contributed by atoms with Crippen molar-refractivity contribution >= 4 is 36.9 Å². The summed E-state index contributed by atoms with van der Waals surface area (Å²) in [6.45, 7) is 5.76. The van der Waals surface area contributed by atoms with Gasteiger partial charge in [-0.1, -0.05) is 28.1 Å². The summed E-state index contributed by atoms with van der Waals surface area (Å²) >= 11 is 3.41. The van der Waals surface area contributed by atoms with Crippen molar-refractivity contribution in [2.24, 2.45) is 0 Å². The molecular formula is C21H23BrN4O3S. The van der Waals surface area contributed by atoms with Crippen LogP contribution in [-0.2, 0) is 10.0 Å². The van der Waals surface area contributed by atoms with E-state index in [0.717, 1.165) is 10.0 Å². The first-order valence-electron chi connectivity index (χ1n) is 9.76. The lowest BCUT2D eigenvalue weighted by atomic mass is 10.2. The Kier molecular flexibility index (Phi) is 5.80. The van der Waals surface area contributed by atoms with Gasteiger partial charge < -0.3 is 4.98 Å². The lowest BCUT2D eigenvalue weighted by Crippen LogP contribution is -2.49. The summed E-state index contributed by atoms with van der Waals surface area (Å²) in [6.07, 6.45) is 0. The van der Waals surface area contributed by atoms with Crippen molar-refractivity contribution in [3.8, 4) is 0 Å². The molecule has 1 N–H and O–H groups in total. The van der Waals surface area contributed by atoms with E-state index < -0.39 is 10.0 Å². The number of hydrogen-bond donors (Lipinski definition) is 1. The number of piperazine rings is 1. The molecule has 3 aromatic rings. The first kappa shape index (κ1) is 21.2. The number of benzene rings is 2. The van der Waals surface area contributed by atoms with Crippen molar-refractivity contribution in [2.45, 2.75) is 24.8 Å². The Morgan fingerprint density at radius 3 is 2.50 bits per heavy atom. The van der Waals surface area contributed by atoms with Gasteiger partial charge in [-0.05, 0) is 49.7 Å². The van der Waals surface area contributed by atoms with Crippen LogP contribution < -0.4 is 5.56 Å². The molecule has 1 atom stereocenters. The smallest absolute Gasteiger partial charge is 0.258 e. The molecule has 0 radical (unpaired) electrons. The Morgan fingerprint density at radius 2 is 1.80 bits per heavy atom. The molecule has 2 heterocycles. The Morgan fingerprint density at radius 1 is 1.10 bits per heavy atom. The highest BCUT2D eigenvalue weighted by molar-refractivity contribution is 9.10. The maximum absolute atomic E-state index is 13.0. The van der Waals surface area contributed by atoms with Gasteiger partial charge in [-0.25, -0.2) is 13.4 Å². The van der Waals surface area contributed by atoms with Gasteiger partial charge in [0.05, 0.1) is 21.8 Å². The molecule has 0 unspecified atom stereocenters. The van der Waals surface area contributed by atoms with Gasteiger partial charge in [-0.3, -0.25) is 9.69 Å². The molecule has 7 nitrogen and oxygen atoms in total. The number of aromatic nitrogens is 2. The van der Waals surface area contributed by atoms with Crippen LogP contribution in [0.15, 0.2) is 56.6 Å². The van der Waals surface area contributed by atoms with Crippen LogP contribution in [0.4, 0.5) is 0 Å². The van der Waals surface area contributed by atoms with Crippen LogP contribution in [0.3, 0.4) is 0 Å². The second-order valence-electron chi connectivity index (χ2n) is 7.50. The second kappa shape index (κ2) is 8.22. The van der Waals surface area contributed by atoms with Crippen LogP contribution in [0.1, 0.15) is 24.4 Å². The summed E-state index contributed by atoms with van der Waals surface area (Å²) < 4.78 is 28.5. The number of fused-ring (bicyclic) bond motifs is 1. The number of H-pyrrole nitrogens is 1. The van der Waals surface area contributed by atoms with Crippen molar-refractivity contribution in [3.05, 3.63) is 68.7 Å².